The van der Waals surface area contributed by atoms with Gasteiger partial charge in [0.2, 0.25) is 0 Å². The van der Waals surface area contributed by atoms with Gasteiger partial charge >= 0.3 is 6.01 Å². The summed E-state index contributed by atoms with van der Waals surface area (Å²) in [5.74, 6) is 2.31. The molecule has 5 atom stereocenters. The van der Waals surface area contributed by atoms with E-state index in [9.17, 15) is 14.6 Å². The van der Waals surface area contributed by atoms with E-state index in [-0.39, 0.29) is 35.7 Å². The highest BCUT2D eigenvalue weighted by Crippen LogP contribution is 2.42. The number of phenols is 1. The van der Waals surface area contributed by atoms with E-state index in [1.54, 1.807) is 24.3 Å². The number of nitrogens with zero attached hydrogens (tertiary/aromatic N) is 5. The number of alkyl halides is 1. The van der Waals surface area contributed by atoms with Crippen LogP contribution in [0.2, 0.25) is 0 Å². The molecule has 3 unspecified atom stereocenters. The molecule has 8 rings (SSSR count). The van der Waals surface area contributed by atoms with Crippen LogP contribution in [0.4, 0.5) is 14.6 Å². The van der Waals surface area contributed by atoms with Gasteiger partial charge in [0.05, 0.1) is 23.1 Å². The van der Waals surface area contributed by atoms with E-state index in [0.29, 0.717) is 65.6 Å². The van der Waals surface area contributed by atoms with Gasteiger partial charge in [0.15, 0.2) is 5.82 Å². The summed E-state index contributed by atoms with van der Waals surface area (Å²) in [7, 11) is 0. The molecule has 0 aliphatic carbocycles. The molecule has 0 saturated carbocycles. The summed E-state index contributed by atoms with van der Waals surface area (Å²) in [5, 5.41) is 22.6. The minimum Gasteiger partial charge on any atom is -0.508 e. The number of hydrogen-bond donors (Lipinski definition) is 2. The van der Waals surface area contributed by atoms with Crippen LogP contribution in [0.15, 0.2) is 36.5 Å². The summed E-state index contributed by atoms with van der Waals surface area (Å²) in [5.41, 5.74) is 0.416. The van der Waals surface area contributed by atoms with E-state index in [0.717, 1.165) is 19.4 Å². The average Bonchev–Trinajstić information content (AvgIpc) is 3.63. The van der Waals surface area contributed by atoms with Crippen LogP contribution in [-0.4, -0.2) is 92.9 Å². The van der Waals surface area contributed by atoms with Crippen LogP contribution in [0.25, 0.3) is 32.9 Å². The highest BCUT2D eigenvalue weighted by molar-refractivity contribution is 6.02. The van der Waals surface area contributed by atoms with Crippen molar-refractivity contribution in [3.05, 3.63) is 47.9 Å². The highest BCUT2D eigenvalue weighted by Gasteiger charge is 2.49. The summed E-state index contributed by atoms with van der Waals surface area (Å²) >= 11 is 0. The molecule has 4 fully saturated rings. The summed E-state index contributed by atoms with van der Waals surface area (Å²) in [6.45, 7) is 2.19. The largest absolute Gasteiger partial charge is 0.508 e. The highest BCUT2D eigenvalue weighted by atomic mass is 19.1. The second-order valence-corrected chi connectivity index (χ2v) is 12.4. The van der Waals surface area contributed by atoms with Crippen LogP contribution in [-0.2, 0) is 4.74 Å². The number of anilines is 1. The first kappa shape index (κ1) is 27.4. The van der Waals surface area contributed by atoms with Gasteiger partial charge in [0, 0.05) is 55.2 Å². The second-order valence-electron chi connectivity index (χ2n) is 12.4. The van der Waals surface area contributed by atoms with Crippen molar-refractivity contribution in [2.24, 2.45) is 0 Å². The van der Waals surface area contributed by atoms with Gasteiger partial charge < -0.3 is 24.6 Å². The Kier molecular flexibility index (Phi) is 6.38. The summed E-state index contributed by atoms with van der Waals surface area (Å²) in [6, 6.07) is 8.33. The third kappa shape index (κ3) is 4.35. The van der Waals surface area contributed by atoms with Gasteiger partial charge in [-0.05, 0) is 43.0 Å². The first-order valence-corrected chi connectivity index (χ1v) is 15.0. The number of morpholine rings is 1. The lowest BCUT2D eigenvalue weighted by molar-refractivity contribution is -0.000954. The molecular weight excluding hydrogens is 568 g/mol. The minimum absolute atomic E-state index is 0.000336. The molecular formula is C33H31F2N5O4. The number of ether oxygens (including phenoxy) is 2. The lowest BCUT2D eigenvalue weighted by Crippen LogP contribution is -2.45. The van der Waals surface area contributed by atoms with Gasteiger partial charge in [-0.25, -0.2) is 8.78 Å². The molecule has 0 radical (unpaired) electrons. The van der Waals surface area contributed by atoms with Crippen molar-refractivity contribution in [2.45, 2.75) is 55.7 Å². The zero-order valence-corrected chi connectivity index (χ0v) is 23.9. The van der Waals surface area contributed by atoms with Gasteiger partial charge in [-0.2, -0.15) is 9.97 Å². The van der Waals surface area contributed by atoms with Gasteiger partial charge in [0.25, 0.3) is 0 Å². The van der Waals surface area contributed by atoms with Crippen molar-refractivity contribution in [1.29, 1.82) is 0 Å². The summed E-state index contributed by atoms with van der Waals surface area (Å²) in [4.78, 5) is 17.9. The number of terminal acetylenes is 1. The van der Waals surface area contributed by atoms with E-state index in [4.69, 9.17) is 20.9 Å². The number of halogens is 2. The quantitative estimate of drug-likeness (QED) is 0.330. The van der Waals surface area contributed by atoms with Crippen LogP contribution < -0.4 is 9.64 Å². The maximum atomic E-state index is 16.7. The first-order valence-electron chi connectivity index (χ1n) is 15.0. The van der Waals surface area contributed by atoms with Crippen molar-refractivity contribution in [2.75, 3.05) is 37.7 Å². The lowest BCUT2D eigenvalue weighted by Gasteiger charge is -2.34. The Morgan fingerprint density at radius 3 is 2.93 bits per heavy atom. The van der Waals surface area contributed by atoms with Crippen LogP contribution >= 0.6 is 0 Å². The van der Waals surface area contributed by atoms with Crippen LogP contribution in [0.5, 0.6) is 11.8 Å². The third-order valence-electron chi connectivity index (χ3n) is 9.67. The number of aliphatic hydroxyl groups excluding tert-OH is 1. The van der Waals surface area contributed by atoms with E-state index < -0.39 is 29.7 Å². The number of pyridine rings is 1. The Morgan fingerprint density at radius 2 is 2.09 bits per heavy atom. The Bertz CT molecular complexity index is 1850. The zero-order chi connectivity index (χ0) is 30.2. The normalized spacial score (nSPS) is 28.1. The van der Waals surface area contributed by atoms with Crippen molar-refractivity contribution in [3.8, 4) is 35.4 Å². The number of fused-ring (bicyclic) bond motifs is 5. The number of aromatic hydroxyl groups is 1. The molecule has 4 aliphatic rings. The number of rotatable bonds is 5. The molecule has 2 aromatic carbocycles. The summed E-state index contributed by atoms with van der Waals surface area (Å²) < 4.78 is 43.3. The summed E-state index contributed by atoms with van der Waals surface area (Å²) in [6.07, 6.45) is 7.87. The standard InChI is InChI=1S/C33H31F2N5O4/c1-2-18-5-3-6-19-9-21(41)10-23(27(18)19)29-28(35)30-24(13-36-29)31(39-15-22-11-25(42)26(16-39)44-22)38-32(37-30)43-17-33-7-4-8-40(33)14-20(34)12-33/h1,3,5-6,9-10,13,20,22,25-26,41-42H,4,7-8,11-12,14-17H2/t20-,22?,25?,26?,33+/m1/s1. The Balaban J connectivity index is 1.27. The van der Waals surface area contributed by atoms with Gasteiger partial charge in [0.1, 0.15) is 41.7 Å². The van der Waals surface area contributed by atoms with Crippen LogP contribution in [0, 0.1) is 18.2 Å². The predicted molar refractivity (Wildman–Crippen MR) is 160 cm³/mol. The van der Waals surface area contributed by atoms with E-state index >= 15 is 4.39 Å². The molecule has 44 heavy (non-hydrogen) atoms. The Hall–Kier alpha value is -4.11. The maximum absolute atomic E-state index is 16.7. The number of benzene rings is 2. The molecule has 4 aliphatic heterocycles. The SMILES string of the molecule is C#Cc1cccc2cc(O)cc(-c3ncc4c(N5CC6CC(O)C(C5)O6)nc(OC[C@@]56CCCN5C[C@H](F)C6)nc4c3F)c12. The smallest absolute Gasteiger partial charge is 0.319 e. The Labute approximate surface area is 252 Å². The van der Waals surface area contributed by atoms with Crippen molar-refractivity contribution in [3.63, 3.8) is 0 Å². The monoisotopic (exact) mass is 599 g/mol. The van der Waals surface area contributed by atoms with Crippen LogP contribution in [0.1, 0.15) is 31.2 Å². The molecule has 2 N–H and O–H groups in total. The average molecular weight is 600 g/mol. The molecule has 4 saturated heterocycles. The fraction of sp³-hybridized carbons (Fsp3) is 0.424. The zero-order valence-electron chi connectivity index (χ0n) is 23.9. The molecule has 0 amide bonds. The molecule has 2 bridgehead atoms. The van der Waals surface area contributed by atoms with Crippen molar-refractivity contribution in [1.82, 2.24) is 19.9 Å². The fourth-order valence-electron chi connectivity index (χ4n) is 7.69. The predicted octanol–water partition coefficient (Wildman–Crippen LogP) is 3.96. The van der Waals surface area contributed by atoms with Crippen molar-refractivity contribution < 1.29 is 28.5 Å². The Morgan fingerprint density at radius 1 is 1.20 bits per heavy atom. The lowest BCUT2D eigenvalue weighted by atomic mass is 9.95. The number of aliphatic hydroxyl groups is 1. The molecule has 11 heteroatoms. The van der Waals surface area contributed by atoms with E-state index in [1.807, 2.05) is 4.90 Å². The molecule has 226 valence electrons. The maximum Gasteiger partial charge on any atom is 0.319 e. The van der Waals surface area contributed by atoms with Crippen molar-refractivity contribution >= 4 is 27.5 Å². The number of aromatic nitrogens is 3. The van der Waals surface area contributed by atoms with Gasteiger partial charge in [-0.3, -0.25) is 9.88 Å². The molecule has 6 heterocycles. The topological polar surface area (TPSA) is 104 Å². The number of phenolic OH excluding ortho intramolecular Hbond substituents is 1. The van der Waals surface area contributed by atoms with Crippen LogP contribution in [0.3, 0.4) is 0 Å². The first-order chi connectivity index (χ1) is 21.3. The van der Waals surface area contributed by atoms with Gasteiger partial charge in [-0.1, -0.05) is 18.1 Å². The van der Waals surface area contributed by atoms with E-state index in [2.05, 4.69) is 20.8 Å². The minimum atomic E-state index is -0.918. The number of hydrogen-bond acceptors (Lipinski definition) is 9. The van der Waals surface area contributed by atoms with E-state index in [1.165, 1.54) is 12.3 Å². The molecule has 2 aromatic heterocycles. The molecule has 9 nitrogen and oxygen atoms in total. The molecule has 4 aromatic rings. The molecule has 0 spiro atoms. The third-order valence-corrected chi connectivity index (χ3v) is 9.67. The van der Waals surface area contributed by atoms with Gasteiger partial charge in [-0.15, -0.1) is 6.42 Å². The fourth-order valence-corrected chi connectivity index (χ4v) is 7.69. The second kappa shape index (κ2) is 10.2.